The van der Waals surface area contributed by atoms with E-state index in [1.54, 1.807) is 31.3 Å². The smallest absolute Gasteiger partial charge is 0.255 e. The predicted molar refractivity (Wildman–Crippen MR) is 139 cm³/mol. The molecule has 9 heteroatoms. The van der Waals surface area contributed by atoms with Crippen LogP contribution in [0.5, 0.6) is 5.75 Å². The van der Waals surface area contributed by atoms with Crippen molar-refractivity contribution < 1.29 is 14.3 Å². The van der Waals surface area contributed by atoms with Crippen molar-refractivity contribution in [2.75, 3.05) is 27.3 Å². The number of benzene rings is 2. The first kappa shape index (κ1) is 24.6. The van der Waals surface area contributed by atoms with Gasteiger partial charge in [-0.25, -0.2) is 9.97 Å². The Morgan fingerprint density at radius 3 is 2.70 bits per heavy atom. The summed E-state index contributed by atoms with van der Waals surface area (Å²) < 4.78 is 12.5. The third kappa shape index (κ3) is 5.52. The number of rotatable bonds is 9. The number of carbonyl (C=O) groups is 1. The average Bonchev–Trinajstić information content (AvgIpc) is 3.56. The van der Waals surface area contributed by atoms with Crippen LogP contribution in [-0.4, -0.2) is 63.9 Å². The average molecular weight is 499 g/mol. The van der Waals surface area contributed by atoms with Gasteiger partial charge in [0.15, 0.2) is 0 Å². The van der Waals surface area contributed by atoms with Gasteiger partial charge < -0.3 is 14.8 Å². The number of ether oxygens (including phenoxy) is 2. The van der Waals surface area contributed by atoms with Crippen molar-refractivity contribution in [3.8, 4) is 23.0 Å². The zero-order chi connectivity index (χ0) is 25.6. The summed E-state index contributed by atoms with van der Waals surface area (Å²) in [6.07, 6.45) is 4.12. The van der Waals surface area contributed by atoms with Gasteiger partial charge in [0.1, 0.15) is 5.75 Å². The van der Waals surface area contributed by atoms with Crippen molar-refractivity contribution in [2.45, 2.75) is 25.6 Å². The van der Waals surface area contributed by atoms with E-state index in [1.807, 2.05) is 36.4 Å². The molecule has 2 aromatic heterocycles. The number of methoxy groups -OCH3 is 2. The fourth-order valence-corrected chi connectivity index (χ4v) is 4.67. The van der Waals surface area contributed by atoms with E-state index in [0.717, 1.165) is 31.6 Å². The van der Waals surface area contributed by atoms with Crippen molar-refractivity contribution in [3.63, 3.8) is 0 Å². The molecule has 5 rings (SSSR count). The fraction of sp³-hybridized carbons (Fsp3) is 0.286. The number of hydrogen-bond acceptors (Lipinski definition) is 7. The summed E-state index contributed by atoms with van der Waals surface area (Å²) in [5.41, 5.74) is 3.85. The van der Waals surface area contributed by atoms with Crippen LogP contribution < -0.4 is 10.1 Å². The van der Waals surface area contributed by atoms with Crippen molar-refractivity contribution in [1.29, 1.82) is 0 Å². The molecule has 1 unspecified atom stereocenters. The SMILES string of the molecule is COCc1c(C(=O)NC2CCN(Cc3ccccc3)C2)cnn1-c1nccc(-c2ccccc2OC)n1. The maximum atomic E-state index is 13.3. The van der Waals surface area contributed by atoms with Gasteiger partial charge in [-0.15, -0.1) is 0 Å². The molecular formula is C28H30N6O3. The van der Waals surface area contributed by atoms with Gasteiger partial charge >= 0.3 is 0 Å². The number of aromatic nitrogens is 4. The molecule has 0 aliphatic carbocycles. The highest BCUT2D eigenvalue weighted by atomic mass is 16.5. The summed E-state index contributed by atoms with van der Waals surface area (Å²) in [5, 5.41) is 7.64. The third-order valence-electron chi connectivity index (χ3n) is 6.47. The molecule has 9 nitrogen and oxygen atoms in total. The number of hydrogen-bond donors (Lipinski definition) is 1. The molecule has 0 radical (unpaired) electrons. The molecule has 0 spiro atoms. The molecule has 1 fully saturated rings. The monoisotopic (exact) mass is 498 g/mol. The molecule has 2 aromatic carbocycles. The van der Waals surface area contributed by atoms with E-state index in [1.165, 1.54) is 5.56 Å². The lowest BCUT2D eigenvalue weighted by atomic mass is 10.1. The van der Waals surface area contributed by atoms with Gasteiger partial charge in [0.25, 0.3) is 11.9 Å². The molecule has 37 heavy (non-hydrogen) atoms. The van der Waals surface area contributed by atoms with Gasteiger partial charge in [0.05, 0.1) is 36.9 Å². The van der Waals surface area contributed by atoms with E-state index >= 15 is 0 Å². The maximum absolute atomic E-state index is 13.3. The Balaban J connectivity index is 1.33. The minimum Gasteiger partial charge on any atom is -0.496 e. The first-order valence-electron chi connectivity index (χ1n) is 12.3. The van der Waals surface area contributed by atoms with Crippen LogP contribution >= 0.6 is 0 Å². The number of amides is 1. The first-order chi connectivity index (χ1) is 18.2. The zero-order valence-corrected chi connectivity index (χ0v) is 21.0. The lowest BCUT2D eigenvalue weighted by molar-refractivity contribution is 0.0932. The third-order valence-corrected chi connectivity index (χ3v) is 6.47. The van der Waals surface area contributed by atoms with Crippen molar-refractivity contribution in [3.05, 3.63) is 89.9 Å². The highest BCUT2D eigenvalue weighted by Gasteiger charge is 2.27. The van der Waals surface area contributed by atoms with Gasteiger partial charge in [-0.05, 0) is 30.2 Å². The summed E-state index contributed by atoms with van der Waals surface area (Å²) in [5.74, 6) is 0.887. The van der Waals surface area contributed by atoms with Crippen LogP contribution in [0.4, 0.5) is 0 Å². The molecule has 1 N–H and O–H groups in total. The Morgan fingerprint density at radius 1 is 1.08 bits per heavy atom. The van der Waals surface area contributed by atoms with Crippen molar-refractivity contribution in [2.24, 2.45) is 0 Å². The normalized spacial score (nSPS) is 15.6. The van der Waals surface area contributed by atoms with Crippen molar-refractivity contribution >= 4 is 5.91 Å². The van der Waals surface area contributed by atoms with E-state index in [0.29, 0.717) is 28.6 Å². The molecule has 0 saturated carbocycles. The van der Waals surface area contributed by atoms with Crippen LogP contribution in [0.2, 0.25) is 0 Å². The number of nitrogens with zero attached hydrogens (tertiary/aromatic N) is 5. The number of likely N-dealkylation sites (tertiary alicyclic amines) is 1. The molecule has 4 aromatic rings. The molecule has 190 valence electrons. The highest BCUT2D eigenvalue weighted by Crippen LogP contribution is 2.28. The maximum Gasteiger partial charge on any atom is 0.255 e. The van der Waals surface area contributed by atoms with Gasteiger partial charge in [0.2, 0.25) is 0 Å². The van der Waals surface area contributed by atoms with Crippen LogP contribution in [0, 0.1) is 0 Å². The second-order valence-corrected chi connectivity index (χ2v) is 8.97. The Morgan fingerprint density at radius 2 is 1.89 bits per heavy atom. The Labute approximate surface area is 216 Å². The Bertz CT molecular complexity index is 1360. The summed E-state index contributed by atoms with van der Waals surface area (Å²) in [4.78, 5) is 24.8. The van der Waals surface area contributed by atoms with Crippen LogP contribution in [0.15, 0.2) is 73.1 Å². The highest BCUT2D eigenvalue weighted by molar-refractivity contribution is 5.95. The Kier molecular flexibility index (Phi) is 7.53. The van der Waals surface area contributed by atoms with E-state index < -0.39 is 0 Å². The van der Waals surface area contributed by atoms with Crippen LogP contribution in [-0.2, 0) is 17.9 Å². The lowest BCUT2D eigenvalue weighted by Gasteiger charge is -2.17. The van der Waals surface area contributed by atoms with Gasteiger partial charge in [-0.2, -0.15) is 9.78 Å². The fourth-order valence-electron chi connectivity index (χ4n) is 4.67. The zero-order valence-electron chi connectivity index (χ0n) is 21.0. The van der Waals surface area contributed by atoms with E-state index in [4.69, 9.17) is 14.5 Å². The molecule has 0 bridgehead atoms. The standard InChI is InChI=1S/C28H30N6O3/c1-36-19-25-23(27(35)31-21-13-15-33(18-21)17-20-8-4-3-5-9-20)16-30-34(25)28-29-14-12-24(32-28)22-10-6-7-11-26(22)37-2/h3-12,14,16,21H,13,15,17-19H2,1-2H3,(H,31,35). The van der Waals surface area contributed by atoms with Crippen LogP contribution in [0.3, 0.4) is 0 Å². The largest absolute Gasteiger partial charge is 0.496 e. The summed E-state index contributed by atoms with van der Waals surface area (Å²) in [7, 11) is 3.21. The topological polar surface area (TPSA) is 94.4 Å². The quantitative estimate of drug-likeness (QED) is 0.378. The van der Waals surface area contributed by atoms with E-state index in [9.17, 15) is 4.79 Å². The minimum atomic E-state index is -0.175. The second-order valence-electron chi connectivity index (χ2n) is 8.97. The summed E-state index contributed by atoms with van der Waals surface area (Å²) in [6.45, 7) is 2.81. The Hall–Kier alpha value is -4.08. The van der Waals surface area contributed by atoms with Gasteiger partial charge in [-0.1, -0.05) is 42.5 Å². The lowest BCUT2D eigenvalue weighted by Crippen LogP contribution is -2.37. The molecule has 1 saturated heterocycles. The minimum absolute atomic E-state index is 0.0695. The van der Waals surface area contributed by atoms with Crippen LogP contribution in [0.25, 0.3) is 17.2 Å². The second kappa shape index (κ2) is 11.3. The molecule has 1 aliphatic heterocycles. The van der Waals surface area contributed by atoms with E-state index in [-0.39, 0.29) is 18.6 Å². The molecule has 3 heterocycles. The molecule has 1 atom stereocenters. The molecule has 1 aliphatic rings. The summed E-state index contributed by atoms with van der Waals surface area (Å²) in [6, 6.07) is 19.9. The molecular weight excluding hydrogens is 468 g/mol. The van der Waals surface area contributed by atoms with Gasteiger partial charge in [-0.3, -0.25) is 9.69 Å². The first-order valence-corrected chi connectivity index (χ1v) is 12.3. The number of nitrogens with one attached hydrogen (secondary N) is 1. The molecule has 1 amide bonds. The van der Waals surface area contributed by atoms with Crippen LogP contribution in [0.1, 0.15) is 28.0 Å². The summed E-state index contributed by atoms with van der Waals surface area (Å²) >= 11 is 0. The predicted octanol–water partition coefficient (Wildman–Crippen LogP) is 3.49. The number of carbonyl (C=O) groups excluding carboxylic acids is 1. The number of para-hydroxylation sites is 1. The van der Waals surface area contributed by atoms with Gasteiger partial charge in [0, 0.05) is 44.5 Å². The van der Waals surface area contributed by atoms with Crippen molar-refractivity contribution in [1.82, 2.24) is 30.0 Å². The van der Waals surface area contributed by atoms with E-state index in [2.05, 4.69) is 44.6 Å².